The number of sulfonamides is 1. The van der Waals surface area contributed by atoms with E-state index in [1.165, 1.54) is 11.3 Å². The number of piperidine rings is 1. The van der Waals surface area contributed by atoms with Crippen LogP contribution in [0.5, 0.6) is 0 Å². The molecule has 1 saturated carbocycles. The second kappa shape index (κ2) is 6.29. The number of nitrogens with zero attached hydrogens (tertiary/aromatic N) is 3. The molecule has 6 nitrogen and oxygen atoms in total. The van der Waals surface area contributed by atoms with Gasteiger partial charge in [0, 0.05) is 25.0 Å². The van der Waals surface area contributed by atoms with Crippen molar-refractivity contribution in [1.82, 2.24) is 9.88 Å². The van der Waals surface area contributed by atoms with Crippen LogP contribution in [-0.4, -0.2) is 43.8 Å². The number of thiazole rings is 1. The van der Waals surface area contributed by atoms with Crippen LogP contribution in [0.15, 0.2) is 29.6 Å². The molecular formula is C20H23N3O3S2. The highest BCUT2D eigenvalue weighted by Crippen LogP contribution is 2.53. The summed E-state index contributed by atoms with van der Waals surface area (Å²) in [6.07, 6.45) is 3.08. The van der Waals surface area contributed by atoms with Gasteiger partial charge in [-0.2, -0.15) is 0 Å². The molecule has 0 radical (unpaired) electrons. The van der Waals surface area contributed by atoms with Crippen LogP contribution in [0, 0.1) is 12.8 Å². The Balaban J connectivity index is 1.45. The highest BCUT2D eigenvalue weighted by molar-refractivity contribution is 7.94. The number of rotatable bonds is 3. The van der Waals surface area contributed by atoms with E-state index in [9.17, 15) is 13.2 Å². The van der Waals surface area contributed by atoms with E-state index in [4.69, 9.17) is 0 Å². The number of carbonyl (C=O) groups is 1. The Labute approximate surface area is 169 Å². The predicted molar refractivity (Wildman–Crippen MR) is 109 cm³/mol. The predicted octanol–water partition coefficient (Wildman–Crippen LogP) is 3.14. The van der Waals surface area contributed by atoms with Gasteiger partial charge in [0.15, 0.2) is 0 Å². The number of aryl methyl sites for hydroxylation is 1. The van der Waals surface area contributed by atoms with Crippen LogP contribution in [0.2, 0.25) is 0 Å². The third-order valence-electron chi connectivity index (χ3n) is 6.26. The number of hydrogen-bond donors (Lipinski definition) is 0. The third kappa shape index (κ3) is 2.61. The Morgan fingerprint density at radius 2 is 1.96 bits per heavy atom. The quantitative estimate of drug-likeness (QED) is 0.769. The highest BCUT2D eigenvalue weighted by atomic mass is 32.2. The minimum absolute atomic E-state index is 0.0993. The Hall–Kier alpha value is -1.93. The van der Waals surface area contributed by atoms with Crippen LogP contribution in [0.1, 0.15) is 46.7 Å². The Kier molecular flexibility index (Phi) is 4.07. The fraction of sp³-hybridized carbons (Fsp3) is 0.500. The van der Waals surface area contributed by atoms with Gasteiger partial charge in [-0.05, 0) is 50.2 Å². The van der Waals surface area contributed by atoms with Gasteiger partial charge >= 0.3 is 0 Å². The average Bonchev–Trinajstić information content (AvgIpc) is 3.39. The molecule has 1 aromatic heterocycles. The Morgan fingerprint density at radius 3 is 2.61 bits per heavy atom. The normalized spacial score (nSPS) is 22.5. The largest absolute Gasteiger partial charge is 0.337 e. The van der Waals surface area contributed by atoms with E-state index in [1.54, 1.807) is 14.6 Å². The zero-order chi connectivity index (χ0) is 19.5. The molecule has 1 aliphatic carbocycles. The molecule has 5 rings (SSSR count). The van der Waals surface area contributed by atoms with Crippen LogP contribution >= 0.6 is 11.3 Å². The molecule has 8 heteroatoms. The number of carbonyl (C=O) groups excluding carboxylic acids is 1. The van der Waals surface area contributed by atoms with E-state index >= 15 is 0 Å². The standard InChI is InChI=1S/C20H23N3O3S2/c1-14-21-17(13-27-14)19(24)22-10-8-20(9-11-22)16-4-2-3-5-18(16)23(28(20,25)26)12-15-6-7-15/h2-5,13,15H,6-12H2,1H3. The monoisotopic (exact) mass is 417 g/mol. The van der Waals surface area contributed by atoms with Crippen LogP contribution in [0.25, 0.3) is 0 Å². The molecule has 0 unspecified atom stereocenters. The second-order valence-electron chi connectivity index (χ2n) is 8.03. The number of aromatic nitrogens is 1. The molecule has 3 heterocycles. The fourth-order valence-electron chi connectivity index (χ4n) is 4.51. The van der Waals surface area contributed by atoms with Crippen LogP contribution in [0.4, 0.5) is 5.69 Å². The van der Waals surface area contributed by atoms with E-state index in [-0.39, 0.29) is 5.91 Å². The molecule has 2 fully saturated rings. The van der Waals surface area contributed by atoms with Crippen molar-refractivity contribution in [2.24, 2.45) is 5.92 Å². The van der Waals surface area contributed by atoms with Gasteiger partial charge in [0.05, 0.1) is 10.7 Å². The summed E-state index contributed by atoms with van der Waals surface area (Å²) in [6, 6.07) is 7.73. The molecule has 3 aliphatic rings. The molecule has 148 valence electrons. The number of anilines is 1. The first kappa shape index (κ1) is 18.1. The molecule has 1 aromatic carbocycles. The summed E-state index contributed by atoms with van der Waals surface area (Å²) >= 11 is 1.46. The molecular weight excluding hydrogens is 394 g/mol. The van der Waals surface area contributed by atoms with Crippen LogP contribution in [0.3, 0.4) is 0 Å². The number of amides is 1. The maximum absolute atomic E-state index is 13.7. The van der Waals surface area contributed by atoms with Crippen molar-refractivity contribution in [2.45, 2.75) is 37.4 Å². The molecule has 1 spiro atoms. The van der Waals surface area contributed by atoms with Gasteiger partial charge in [0.25, 0.3) is 5.91 Å². The van der Waals surface area contributed by atoms with Gasteiger partial charge in [-0.15, -0.1) is 11.3 Å². The van der Waals surface area contributed by atoms with Gasteiger partial charge in [0.2, 0.25) is 10.0 Å². The maximum Gasteiger partial charge on any atom is 0.273 e. The van der Waals surface area contributed by atoms with Crippen LogP contribution in [-0.2, 0) is 14.8 Å². The summed E-state index contributed by atoms with van der Waals surface area (Å²) < 4.78 is 28.0. The molecule has 0 atom stereocenters. The minimum atomic E-state index is -3.49. The topological polar surface area (TPSA) is 70.6 Å². The summed E-state index contributed by atoms with van der Waals surface area (Å²) in [5, 5.41) is 2.64. The van der Waals surface area contributed by atoms with Gasteiger partial charge in [-0.25, -0.2) is 13.4 Å². The van der Waals surface area contributed by atoms with Gasteiger partial charge in [-0.3, -0.25) is 9.10 Å². The van der Waals surface area contributed by atoms with Gasteiger partial charge < -0.3 is 4.90 Å². The number of para-hydroxylation sites is 1. The van der Waals surface area contributed by atoms with E-state index < -0.39 is 14.8 Å². The zero-order valence-electron chi connectivity index (χ0n) is 15.8. The second-order valence-corrected chi connectivity index (χ2v) is 11.3. The van der Waals surface area contributed by atoms with Crippen molar-refractivity contribution in [2.75, 3.05) is 23.9 Å². The van der Waals surface area contributed by atoms with Crippen molar-refractivity contribution in [1.29, 1.82) is 0 Å². The first-order valence-electron chi connectivity index (χ1n) is 9.75. The van der Waals surface area contributed by atoms with E-state index in [1.807, 2.05) is 31.2 Å². The third-order valence-corrected chi connectivity index (χ3v) is 9.58. The number of benzene rings is 1. The zero-order valence-corrected chi connectivity index (χ0v) is 17.4. The summed E-state index contributed by atoms with van der Waals surface area (Å²) in [6.45, 7) is 3.32. The molecule has 0 bridgehead atoms. The lowest BCUT2D eigenvalue weighted by molar-refractivity contribution is 0.0695. The van der Waals surface area contributed by atoms with Crippen molar-refractivity contribution in [3.63, 3.8) is 0 Å². The fourth-order valence-corrected chi connectivity index (χ4v) is 7.49. The Morgan fingerprint density at radius 1 is 1.25 bits per heavy atom. The number of fused-ring (bicyclic) bond motifs is 2. The number of hydrogen-bond acceptors (Lipinski definition) is 5. The molecule has 28 heavy (non-hydrogen) atoms. The SMILES string of the molecule is Cc1nc(C(=O)N2CCC3(CC2)c2ccccc2N(CC2CC2)S3(=O)=O)cs1. The summed E-state index contributed by atoms with van der Waals surface area (Å²) in [7, 11) is -3.49. The van der Waals surface area contributed by atoms with Crippen molar-refractivity contribution >= 4 is 33.0 Å². The summed E-state index contributed by atoms with van der Waals surface area (Å²) in [5.41, 5.74) is 2.21. The Bertz CT molecular complexity index is 1030. The van der Waals surface area contributed by atoms with E-state index in [0.29, 0.717) is 44.1 Å². The first-order chi connectivity index (χ1) is 13.4. The van der Waals surface area contributed by atoms with Crippen LogP contribution < -0.4 is 4.31 Å². The summed E-state index contributed by atoms with van der Waals surface area (Å²) in [5.74, 6) is 0.380. The van der Waals surface area contributed by atoms with E-state index in [2.05, 4.69) is 4.98 Å². The molecule has 1 saturated heterocycles. The lowest BCUT2D eigenvalue weighted by atomic mass is 9.87. The lowest BCUT2D eigenvalue weighted by Crippen LogP contribution is -2.50. The van der Waals surface area contributed by atoms with Gasteiger partial charge in [0.1, 0.15) is 10.4 Å². The van der Waals surface area contributed by atoms with E-state index in [0.717, 1.165) is 29.1 Å². The van der Waals surface area contributed by atoms with Crippen molar-refractivity contribution in [3.8, 4) is 0 Å². The minimum Gasteiger partial charge on any atom is -0.337 e. The van der Waals surface area contributed by atoms with Crippen molar-refractivity contribution < 1.29 is 13.2 Å². The molecule has 2 aliphatic heterocycles. The lowest BCUT2D eigenvalue weighted by Gasteiger charge is -2.38. The molecule has 1 amide bonds. The first-order valence-corrected chi connectivity index (χ1v) is 12.1. The van der Waals surface area contributed by atoms with Gasteiger partial charge in [-0.1, -0.05) is 18.2 Å². The van der Waals surface area contributed by atoms with Crippen molar-refractivity contribution in [3.05, 3.63) is 45.9 Å². The summed E-state index contributed by atoms with van der Waals surface area (Å²) in [4.78, 5) is 18.8. The molecule has 2 aromatic rings. The molecule has 0 N–H and O–H groups in total. The smallest absolute Gasteiger partial charge is 0.273 e. The number of likely N-dealkylation sites (tertiary alicyclic amines) is 1. The highest BCUT2D eigenvalue weighted by Gasteiger charge is 2.57. The average molecular weight is 418 g/mol. The maximum atomic E-state index is 13.7.